The number of hydrogen-bond acceptors (Lipinski definition) is 5. The predicted molar refractivity (Wildman–Crippen MR) is 74.3 cm³/mol. The Balaban J connectivity index is 2.18. The van der Waals surface area contributed by atoms with E-state index in [9.17, 15) is 8.42 Å². The number of halogens is 1. The van der Waals surface area contributed by atoms with Gasteiger partial charge in [-0.2, -0.15) is 4.31 Å². The van der Waals surface area contributed by atoms with E-state index in [-0.39, 0.29) is 29.1 Å². The third-order valence-electron chi connectivity index (χ3n) is 2.78. The number of hydrogen-bond donors (Lipinski definition) is 2. The van der Waals surface area contributed by atoms with Crippen LogP contribution in [0.5, 0.6) is 0 Å². The van der Waals surface area contributed by atoms with Gasteiger partial charge < -0.3 is 10.9 Å². The highest BCUT2D eigenvalue weighted by molar-refractivity contribution is 7.91. The number of rotatable bonds is 6. The molecule has 19 heavy (non-hydrogen) atoms. The molecule has 0 aliphatic heterocycles. The number of nitrogens with two attached hydrogens (primary N) is 1. The normalized spacial score (nSPS) is 17.1. The molecule has 2 rings (SSSR count). The first-order valence-corrected chi connectivity index (χ1v) is 8.32. The summed E-state index contributed by atoms with van der Waals surface area (Å²) in [7, 11) is -3.55. The first-order valence-electron chi connectivity index (χ1n) is 5.68. The Bertz CT molecular complexity index is 581. The van der Waals surface area contributed by atoms with E-state index in [1.807, 2.05) is 0 Å². The highest BCUT2D eigenvalue weighted by Crippen LogP contribution is 2.35. The summed E-state index contributed by atoms with van der Waals surface area (Å²) in [5.74, 6) is 0.0186. The lowest BCUT2D eigenvalue weighted by Gasteiger charge is -2.20. The van der Waals surface area contributed by atoms with E-state index in [0.29, 0.717) is 4.34 Å². The third kappa shape index (κ3) is 3.38. The van der Waals surface area contributed by atoms with Gasteiger partial charge in [-0.3, -0.25) is 0 Å². The quantitative estimate of drug-likeness (QED) is 0.360. The van der Waals surface area contributed by atoms with Gasteiger partial charge in [-0.25, -0.2) is 8.42 Å². The lowest BCUT2D eigenvalue weighted by atomic mass is 10.4. The summed E-state index contributed by atoms with van der Waals surface area (Å²) in [5.41, 5.74) is 5.39. The second kappa shape index (κ2) is 5.66. The topological polar surface area (TPSA) is 96.0 Å². The number of thiophene rings is 1. The molecule has 0 saturated heterocycles. The molecule has 1 aromatic rings. The third-order valence-corrected chi connectivity index (χ3v) is 6.43. The zero-order valence-corrected chi connectivity index (χ0v) is 12.4. The molecule has 0 atom stereocenters. The minimum atomic E-state index is -3.55. The van der Waals surface area contributed by atoms with Gasteiger partial charge in [-0.1, -0.05) is 16.8 Å². The summed E-state index contributed by atoms with van der Waals surface area (Å²) < 4.78 is 27.0. The molecular formula is C10H14ClN3O3S2. The molecule has 0 spiro atoms. The van der Waals surface area contributed by atoms with Crippen molar-refractivity contribution in [2.45, 2.75) is 29.5 Å². The van der Waals surface area contributed by atoms with Gasteiger partial charge in [0.2, 0.25) is 0 Å². The molecule has 106 valence electrons. The molecule has 3 N–H and O–H groups in total. The maximum Gasteiger partial charge on any atom is 0.252 e. The summed E-state index contributed by atoms with van der Waals surface area (Å²) in [6.45, 7) is 0.207. The molecule has 0 radical (unpaired) electrons. The summed E-state index contributed by atoms with van der Waals surface area (Å²) in [6, 6.07) is 3.08. The average Bonchev–Trinajstić information content (AvgIpc) is 3.09. The van der Waals surface area contributed by atoms with Gasteiger partial charge >= 0.3 is 0 Å². The minimum absolute atomic E-state index is 0.0115. The highest BCUT2D eigenvalue weighted by atomic mass is 35.5. The van der Waals surface area contributed by atoms with Crippen molar-refractivity contribution in [3.8, 4) is 0 Å². The zero-order chi connectivity index (χ0) is 14.0. The van der Waals surface area contributed by atoms with Crippen LogP contribution in [0, 0.1) is 0 Å². The lowest BCUT2D eigenvalue weighted by Crippen LogP contribution is -2.35. The van der Waals surface area contributed by atoms with Crippen molar-refractivity contribution in [2.24, 2.45) is 10.9 Å². The first kappa shape index (κ1) is 14.6. The van der Waals surface area contributed by atoms with Gasteiger partial charge in [0.05, 0.1) is 4.34 Å². The van der Waals surface area contributed by atoms with E-state index < -0.39 is 10.0 Å². The Labute approximate surface area is 120 Å². The van der Waals surface area contributed by atoms with Crippen LogP contribution in [-0.2, 0) is 10.0 Å². The second-order valence-corrected chi connectivity index (χ2v) is 8.08. The lowest BCUT2D eigenvalue weighted by molar-refractivity contribution is 0.315. The summed E-state index contributed by atoms with van der Waals surface area (Å²) >= 11 is 6.81. The van der Waals surface area contributed by atoms with E-state index in [2.05, 4.69) is 5.16 Å². The highest BCUT2D eigenvalue weighted by Gasteiger charge is 2.38. The van der Waals surface area contributed by atoms with Crippen LogP contribution in [0.2, 0.25) is 4.34 Å². The number of sulfonamides is 1. The number of amidine groups is 1. The molecule has 0 bridgehead atoms. The molecule has 6 nitrogen and oxygen atoms in total. The molecule has 9 heteroatoms. The van der Waals surface area contributed by atoms with Gasteiger partial charge in [-0.05, 0) is 25.0 Å². The maximum atomic E-state index is 12.5. The van der Waals surface area contributed by atoms with Crippen LogP contribution >= 0.6 is 22.9 Å². The summed E-state index contributed by atoms with van der Waals surface area (Å²) in [4.78, 5) is 0. The molecule has 1 aliphatic rings. The van der Waals surface area contributed by atoms with Gasteiger partial charge in [-0.15, -0.1) is 11.3 Å². The molecule has 1 aromatic heterocycles. The van der Waals surface area contributed by atoms with Crippen molar-refractivity contribution < 1.29 is 13.6 Å². The Morgan fingerprint density at radius 3 is 2.74 bits per heavy atom. The van der Waals surface area contributed by atoms with E-state index in [4.69, 9.17) is 22.5 Å². The Morgan fingerprint density at radius 2 is 2.26 bits per heavy atom. The van der Waals surface area contributed by atoms with Crippen molar-refractivity contribution in [1.29, 1.82) is 0 Å². The van der Waals surface area contributed by atoms with Crippen LogP contribution in [0.3, 0.4) is 0 Å². The standard InChI is InChI=1S/C10H14ClN3O3S2/c11-8-3-4-10(18-8)19(16,17)14(7-1-2-7)6-5-9(12)13-15/h3-4,7,15H,1-2,5-6H2,(H2,12,13). The Kier molecular flexibility index (Phi) is 4.34. The first-order chi connectivity index (χ1) is 8.95. The largest absolute Gasteiger partial charge is 0.409 e. The van der Waals surface area contributed by atoms with Crippen LogP contribution < -0.4 is 5.73 Å². The maximum absolute atomic E-state index is 12.5. The molecular weight excluding hydrogens is 310 g/mol. The van der Waals surface area contributed by atoms with E-state index in [1.165, 1.54) is 10.4 Å². The SMILES string of the molecule is N/C(CCN(C1CC1)S(=O)(=O)c1ccc(Cl)s1)=N/O. The van der Waals surface area contributed by atoms with E-state index in [1.54, 1.807) is 6.07 Å². The molecule has 1 aliphatic carbocycles. The summed E-state index contributed by atoms with van der Waals surface area (Å²) in [6.07, 6.45) is 1.88. The van der Waals surface area contributed by atoms with Gasteiger partial charge in [0.1, 0.15) is 10.0 Å². The van der Waals surface area contributed by atoms with Crippen LogP contribution in [0.25, 0.3) is 0 Å². The summed E-state index contributed by atoms with van der Waals surface area (Å²) in [5, 5.41) is 11.4. The predicted octanol–water partition coefficient (Wildman–Crippen LogP) is 1.69. The Hall–Kier alpha value is -0.830. The molecule has 1 saturated carbocycles. The van der Waals surface area contributed by atoms with Crippen molar-refractivity contribution in [3.63, 3.8) is 0 Å². The van der Waals surface area contributed by atoms with Crippen molar-refractivity contribution in [3.05, 3.63) is 16.5 Å². The van der Waals surface area contributed by atoms with Gasteiger partial charge in [0, 0.05) is 19.0 Å². The average molecular weight is 324 g/mol. The fraction of sp³-hybridized carbons (Fsp3) is 0.500. The minimum Gasteiger partial charge on any atom is -0.409 e. The molecule has 0 unspecified atom stereocenters. The van der Waals surface area contributed by atoms with Crippen LogP contribution in [0.1, 0.15) is 19.3 Å². The van der Waals surface area contributed by atoms with Crippen molar-refractivity contribution in [2.75, 3.05) is 6.54 Å². The fourth-order valence-electron chi connectivity index (χ4n) is 1.69. The van der Waals surface area contributed by atoms with Crippen molar-refractivity contribution in [1.82, 2.24) is 4.31 Å². The van der Waals surface area contributed by atoms with Crippen LogP contribution in [0.4, 0.5) is 0 Å². The van der Waals surface area contributed by atoms with E-state index in [0.717, 1.165) is 24.2 Å². The van der Waals surface area contributed by atoms with E-state index >= 15 is 0 Å². The molecule has 1 heterocycles. The van der Waals surface area contributed by atoms with Gasteiger partial charge in [0.25, 0.3) is 10.0 Å². The van der Waals surface area contributed by atoms with Gasteiger partial charge in [0.15, 0.2) is 0 Å². The van der Waals surface area contributed by atoms with Crippen LogP contribution in [-0.4, -0.2) is 36.4 Å². The monoisotopic (exact) mass is 323 g/mol. The second-order valence-electron chi connectivity index (χ2n) is 4.25. The molecule has 0 amide bonds. The van der Waals surface area contributed by atoms with Crippen molar-refractivity contribution >= 4 is 38.8 Å². The van der Waals surface area contributed by atoms with Crippen LogP contribution in [0.15, 0.2) is 21.5 Å². The Morgan fingerprint density at radius 1 is 1.58 bits per heavy atom. The smallest absolute Gasteiger partial charge is 0.252 e. The molecule has 1 fully saturated rings. The molecule has 0 aromatic carbocycles. The number of nitrogens with zero attached hydrogens (tertiary/aromatic N) is 2. The fourth-order valence-corrected chi connectivity index (χ4v) is 4.99. The number of oxime groups is 1. The zero-order valence-electron chi connectivity index (χ0n) is 9.99.